The smallest absolute Gasteiger partial charge is 0.323 e. The molecule has 0 aliphatic heterocycles. The van der Waals surface area contributed by atoms with Crippen molar-refractivity contribution >= 4 is 28.6 Å². The molecule has 0 aromatic carbocycles. The Bertz CT molecular complexity index is 445. The molecule has 106 valence electrons. The van der Waals surface area contributed by atoms with Gasteiger partial charge in [0.25, 0.3) is 0 Å². The van der Waals surface area contributed by atoms with Gasteiger partial charge in [-0.15, -0.1) is 0 Å². The predicted molar refractivity (Wildman–Crippen MR) is 81.0 cm³/mol. The lowest BCUT2D eigenvalue weighted by Crippen LogP contribution is -2.52. The van der Waals surface area contributed by atoms with Crippen molar-refractivity contribution in [2.45, 2.75) is 57.2 Å². The molecule has 1 saturated carbocycles. The van der Waals surface area contributed by atoms with Gasteiger partial charge in [-0.25, -0.2) is 0 Å². The summed E-state index contributed by atoms with van der Waals surface area (Å²) in [4.78, 5) is 11.6. The first-order chi connectivity index (χ1) is 9.05. The molecule has 1 heterocycles. The first-order valence-electron chi connectivity index (χ1n) is 6.75. The minimum Gasteiger partial charge on any atom is -0.480 e. The van der Waals surface area contributed by atoms with Gasteiger partial charge in [-0.2, -0.15) is 5.10 Å². The van der Waals surface area contributed by atoms with E-state index in [4.69, 9.17) is 0 Å². The van der Waals surface area contributed by atoms with Crippen LogP contribution < -0.4 is 5.32 Å². The van der Waals surface area contributed by atoms with Crippen LogP contribution in [-0.2, 0) is 11.3 Å². The molecule has 6 heteroatoms. The number of nitrogens with zero attached hydrogens (tertiary/aromatic N) is 2. The summed E-state index contributed by atoms with van der Waals surface area (Å²) in [6.07, 6.45) is 8.08. The molecule has 1 atom stereocenters. The molecule has 1 aromatic rings. The van der Waals surface area contributed by atoms with Gasteiger partial charge in [-0.1, -0.05) is 6.92 Å². The van der Waals surface area contributed by atoms with Crippen LogP contribution in [0.3, 0.4) is 0 Å². The van der Waals surface area contributed by atoms with Gasteiger partial charge in [0.05, 0.1) is 9.77 Å². The fraction of sp³-hybridized carbons (Fsp3) is 0.692. The van der Waals surface area contributed by atoms with Crippen LogP contribution in [0.15, 0.2) is 12.4 Å². The third-order valence-electron chi connectivity index (χ3n) is 3.66. The van der Waals surface area contributed by atoms with E-state index >= 15 is 0 Å². The molecule has 0 spiro atoms. The molecule has 1 aliphatic carbocycles. The summed E-state index contributed by atoms with van der Waals surface area (Å²) in [6, 6.07) is 0.404. The Labute approximate surface area is 126 Å². The summed E-state index contributed by atoms with van der Waals surface area (Å²) < 4.78 is 2.98. The van der Waals surface area contributed by atoms with E-state index in [0.717, 1.165) is 29.4 Å². The quantitative estimate of drug-likeness (QED) is 0.682. The largest absolute Gasteiger partial charge is 0.480 e. The van der Waals surface area contributed by atoms with Gasteiger partial charge in [0.15, 0.2) is 0 Å². The van der Waals surface area contributed by atoms with Crippen molar-refractivity contribution in [3.05, 3.63) is 16.0 Å². The van der Waals surface area contributed by atoms with Crippen LogP contribution in [0.2, 0.25) is 0 Å². The lowest BCUT2D eigenvalue weighted by atomic mass is 9.90. The van der Waals surface area contributed by atoms with E-state index in [2.05, 4.69) is 33.0 Å². The number of aromatic nitrogens is 2. The minimum atomic E-state index is -0.762. The Morgan fingerprint density at radius 2 is 2.42 bits per heavy atom. The van der Waals surface area contributed by atoms with E-state index in [1.165, 1.54) is 0 Å². The first kappa shape index (κ1) is 14.8. The molecule has 0 bridgehead atoms. The molecule has 0 amide bonds. The van der Waals surface area contributed by atoms with E-state index in [0.29, 0.717) is 18.9 Å². The zero-order valence-electron chi connectivity index (χ0n) is 11.1. The highest BCUT2D eigenvalue weighted by atomic mass is 127. The number of halogens is 1. The number of carboxylic acids is 1. The molecule has 5 nitrogen and oxygen atoms in total. The Balaban J connectivity index is 1.90. The van der Waals surface area contributed by atoms with Gasteiger partial charge >= 0.3 is 5.97 Å². The van der Waals surface area contributed by atoms with Crippen molar-refractivity contribution in [1.82, 2.24) is 15.1 Å². The van der Waals surface area contributed by atoms with E-state index in [1.807, 2.05) is 24.0 Å². The fourth-order valence-electron chi connectivity index (χ4n) is 2.29. The van der Waals surface area contributed by atoms with Gasteiger partial charge < -0.3 is 5.11 Å². The van der Waals surface area contributed by atoms with Crippen molar-refractivity contribution in [3.63, 3.8) is 0 Å². The number of rotatable bonds is 8. The number of aryl methyl sites for hydroxylation is 1. The Hall–Kier alpha value is -0.630. The van der Waals surface area contributed by atoms with Gasteiger partial charge in [0.2, 0.25) is 0 Å². The SMILES string of the molecule is CCC(CCCn1cc(I)cn1)(NC1CC1)C(=O)O. The van der Waals surface area contributed by atoms with Crippen LogP contribution in [0.5, 0.6) is 0 Å². The van der Waals surface area contributed by atoms with Crippen LogP contribution in [0.1, 0.15) is 39.0 Å². The molecule has 0 saturated heterocycles. The van der Waals surface area contributed by atoms with Crippen LogP contribution >= 0.6 is 22.6 Å². The maximum atomic E-state index is 11.6. The summed E-state index contributed by atoms with van der Waals surface area (Å²) in [5, 5.41) is 17.1. The highest BCUT2D eigenvalue weighted by molar-refractivity contribution is 14.1. The van der Waals surface area contributed by atoms with E-state index in [-0.39, 0.29) is 0 Å². The second-order valence-corrected chi connectivity index (χ2v) is 6.43. The molecule has 19 heavy (non-hydrogen) atoms. The molecule has 1 unspecified atom stereocenters. The lowest BCUT2D eigenvalue weighted by Gasteiger charge is -2.29. The van der Waals surface area contributed by atoms with Crippen molar-refractivity contribution < 1.29 is 9.90 Å². The monoisotopic (exact) mass is 377 g/mol. The highest BCUT2D eigenvalue weighted by Crippen LogP contribution is 2.27. The van der Waals surface area contributed by atoms with Crippen LogP contribution in [0, 0.1) is 3.57 Å². The molecule has 1 fully saturated rings. The fourth-order valence-corrected chi connectivity index (χ4v) is 2.74. The predicted octanol–water partition coefficient (Wildman–Crippen LogP) is 2.25. The second-order valence-electron chi connectivity index (χ2n) is 5.18. The number of hydrogen-bond acceptors (Lipinski definition) is 3. The number of carboxylic acid groups (broad SMARTS) is 1. The van der Waals surface area contributed by atoms with E-state index in [9.17, 15) is 9.90 Å². The maximum Gasteiger partial charge on any atom is 0.323 e. The molecule has 2 N–H and O–H groups in total. The third-order valence-corrected chi connectivity index (χ3v) is 4.22. The van der Waals surface area contributed by atoms with E-state index in [1.54, 1.807) is 0 Å². The Morgan fingerprint density at radius 1 is 1.68 bits per heavy atom. The van der Waals surface area contributed by atoms with E-state index < -0.39 is 11.5 Å². The zero-order valence-corrected chi connectivity index (χ0v) is 13.3. The normalized spacial score (nSPS) is 18.2. The van der Waals surface area contributed by atoms with Gasteiger partial charge in [-0.05, 0) is 54.7 Å². The van der Waals surface area contributed by atoms with Crippen LogP contribution in [-0.4, -0.2) is 32.4 Å². The topological polar surface area (TPSA) is 67.2 Å². The zero-order chi connectivity index (χ0) is 13.9. The summed E-state index contributed by atoms with van der Waals surface area (Å²) in [5.41, 5.74) is -0.762. The van der Waals surface area contributed by atoms with Crippen molar-refractivity contribution in [2.24, 2.45) is 0 Å². The third kappa shape index (κ3) is 3.92. The average Bonchev–Trinajstić information content (AvgIpc) is 3.09. The maximum absolute atomic E-state index is 11.6. The molecular weight excluding hydrogens is 357 g/mol. The summed E-state index contributed by atoms with van der Waals surface area (Å²) in [7, 11) is 0. The minimum absolute atomic E-state index is 0.404. The highest BCUT2D eigenvalue weighted by Gasteiger charge is 2.40. The molecular formula is C13H20IN3O2. The first-order valence-corrected chi connectivity index (χ1v) is 7.82. The van der Waals surface area contributed by atoms with Gasteiger partial charge in [0, 0.05) is 18.8 Å². The Morgan fingerprint density at radius 3 is 2.89 bits per heavy atom. The molecule has 1 aliphatic rings. The van der Waals surface area contributed by atoms with Crippen LogP contribution in [0.25, 0.3) is 0 Å². The molecule has 1 aromatic heterocycles. The lowest BCUT2D eigenvalue weighted by molar-refractivity contribution is -0.145. The average molecular weight is 377 g/mol. The standard InChI is InChI=1S/C13H20IN3O2/c1-2-13(12(18)19,16-11-4-5-11)6-3-7-17-9-10(14)8-15-17/h8-9,11,16H,2-7H2,1H3,(H,18,19). The Kier molecular flexibility index (Phi) is 4.83. The second kappa shape index (κ2) is 6.21. The number of aliphatic carboxylic acids is 1. The summed E-state index contributed by atoms with van der Waals surface area (Å²) in [5.74, 6) is -0.725. The van der Waals surface area contributed by atoms with Crippen LogP contribution in [0.4, 0.5) is 0 Å². The molecule has 0 radical (unpaired) electrons. The molecule has 2 rings (SSSR count). The van der Waals surface area contributed by atoms with Crippen molar-refractivity contribution in [3.8, 4) is 0 Å². The summed E-state index contributed by atoms with van der Waals surface area (Å²) in [6.45, 7) is 2.71. The number of nitrogens with one attached hydrogen (secondary N) is 1. The van der Waals surface area contributed by atoms with Gasteiger partial charge in [0.1, 0.15) is 5.54 Å². The van der Waals surface area contributed by atoms with Gasteiger partial charge in [-0.3, -0.25) is 14.8 Å². The number of carbonyl (C=O) groups is 1. The van der Waals surface area contributed by atoms with Crippen molar-refractivity contribution in [1.29, 1.82) is 0 Å². The van der Waals surface area contributed by atoms with Crippen molar-refractivity contribution in [2.75, 3.05) is 0 Å². The summed E-state index contributed by atoms with van der Waals surface area (Å²) >= 11 is 2.22. The number of hydrogen-bond donors (Lipinski definition) is 2.